The van der Waals surface area contributed by atoms with E-state index < -0.39 is 0 Å². The molecule has 0 aliphatic heterocycles. The maximum atomic E-state index is 11.7. The molecule has 0 fully saturated rings. The second-order valence-electron chi connectivity index (χ2n) is 4.71. The average Bonchev–Trinajstić information content (AvgIpc) is 2.50. The van der Waals surface area contributed by atoms with E-state index in [4.69, 9.17) is 0 Å². The molecule has 1 rings (SSSR count). The zero-order valence-corrected chi connectivity index (χ0v) is 9.58. The SMILES string of the molecule is CC(C)N[C@@H]1C=C[C@H](C(=O)C(C)C)C1. The highest BCUT2D eigenvalue weighted by atomic mass is 16.1. The lowest BCUT2D eigenvalue weighted by atomic mass is 9.94. The molecule has 0 saturated heterocycles. The predicted molar refractivity (Wildman–Crippen MR) is 59.2 cm³/mol. The van der Waals surface area contributed by atoms with Crippen molar-refractivity contribution in [1.29, 1.82) is 0 Å². The molecule has 1 N–H and O–H groups in total. The summed E-state index contributed by atoms with van der Waals surface area (Å²) in [4.78, 5) is 11.7. The van der Waals surface area contributed by atoms with E-state index in [1.54, 1.807) is 0 Å². The standard InChI is InChI=1S/C12H21NO/c1-8(2)12(14)10-5-6-11(7-10)13-9(3)4/h5-6,8-11,13H,7H2,1-4H3/t10-,11+/m0/s1. The Hall–Kier alpha value is -0.630. The molecule has 2 heteroatoms. The Bertz CT molecular complexity index is 230. The molecule has 0 spiro atoms. The topological polar surface area (TPSA) is 29.1 Å². The van der Waals surface area contributed by atoms with E-state index in [-0.39, 0.29) is 11.8 Å². The molecule has 1 aliphatic rings. The van der Waals surface area contributed by atoms with Gasteiger partial charge in [0.05, 0.1) is 0 Å². The average molecular weight is 195 g/mol. The third-order valence-electron chi connectivity index (χ3n) is 2.57. The normalized spacial score (nSPS) is 26.4. The Balaban J connectivity index is 2.43. The summed E-state index contributed by atoms with van der Waals surface area (Å²) in [5.74, 6) is 0.669. The van der Waals surface area contributed by atoms with Crippen molar-refractivity contribution in [2.45, 2.75) is 46.2 Å². The summed E-state index contributed by atoms with van der Waals surface area (Å²) in [6.45, 7) is 8.20. The van der Waals surface area contributed by atoms with Gasteiger partial charge in [0.25, 0.3) is 0 Å². The minimum atomic E-state index is 0.145. The van der Waals surface area contributed by atoms with E-state index in [0.717, 1.165) is 6.42 Å². The predicted octanol–water partition coefficient (Wildman–Crippen LogP) is 2.15. The number of Topliss-reactive ketones (excluding diaryl/α,β-unsaturated/α-hetero) is 1. The highest BCUT2D eigenvalue weighted by Gasteiger charge is 2.26. The third-order valence-corrected chi connectivity index (χ3v) is 2.57. The molecule has 0 heterocycles. The molecule has 2 nitrogen and oxygen atoms in total. The van der Waals surface area contributed by atoms with Gasteiger partial charge in [-0.05, 0) is 6.42 Å². The molecule has 0 radical (unpaired) electrons. The lowest BCUT2D eigenvalue weighted by Crippen LogP contribution is -2.33. The second kappa shape index (κ2) is 4.74. The highest BCUT2D eigenvalue weighted by molar-refractivity contribution is 5.84. The van der Waals surface area contributed by atoms with Gasteiger partial charge >= 0.3 is 0 Å². The van der Waals surface area contributed by atoms with Crippen molar-refractivity contribution in [2.75, 3.05) is 0 Å². The van der Waals surface area contributed by atoms with E-state index in [2.05, 4.69) is 31.3 Å². The van der Waals surface area contributed by atoms with Crippen LogP contribution in [0.3, 0.4) is 0 Å². The molecule has 80 valence electrons. The summed E-state index contributed by atoms with van der Waals surface area (Å²) in [6.07, 6.45) is 5.13. The van der Waals surface area contributed by atoms with Crippen molar-refractivity contribution in [3.8, 4) is 0 Å². The summed E-state index contributed by atoms with van der Waals surface area (Å²) in [7, 11) is 0. The van der Waals surface area contributed by atoms with Crippen molar-refractivity contribution in [3.05, 3.63) is 12.2 Å². The monoisotopic (exact) mass is 195 g/mol. The van der Waals surface area contributed by atoms with Gasteiger partial charge in [-0.1, -0.05) is 39.8 Å². The second-order valence-corrected chi connectivity index (χ2v) is 4.71. The Kier molecular flexibility index (Phi) is 3.87. The quantitative estimate of drug-likeness (QED) is 0.696. The zero-order chi connectivity index (χ0) is 10.7. The Morgan fingerprint density at radius 1 is 1.29 bits per heavy atom. The summed E-state index contributed by atoms with van der Waals surface area (Å²) >= 11 is 0. The number of ketones is 1. The Labute approximate surface area is 86.8 Å². The first-order valence-electron chi connectivity index (χ1n) is 5.48. The lowest BCUT2D eigenvalue weighted by molar-refractivity contribution is -0.124. The van der Waals surface area contributed by atoms with Crippen molar-refractivity contribution >= 4 is 5.78 Å². The fourth-order valence-electron chi connectivity index (χ4n) is 1.89. The van der Waals surface area contributed by atoms with Gasteiger partial charge in [-0.3, -0.25) is 4.79 Å². The number of carbonyl (C=O) groups excluding carboxylic acids is 1. The molecular formula is C12H21NO. The molecule has 14 heavy (non-hydrogen) atoms. The van der Waals surface area contributed by atoms with Crippen molar-refractivity contribution < 1.29 is 4.79 Å². The summed E-state index contributed by atoms with van der Waals surface area (Å²) in [5.41, 5.74) is 0. The fourth-order valence-corrected chi connectivity index (χ4v) is 1.89. The molecular weight excluding hydrogens is 174 g/mol. The highest BCUT2D eigenvalue weighted by Crippen LogP contribution is 2.22. The van der Waals surface area contributed by atoms with Crippen LogP contribution < -0.4 is 5.32 Å². The van der Waals surface area contributed by atoms with Crippen LogP contribution in [-0.2, 0) is 4.79 Å². The largest absolute Gasteiger partial charge is 0.308 e. The van der Waals surface area contributed by atoms with E-state index in [1.807, 2.05) is 13.8 Å². The van der Waals surface area contributed by atoms with E-state index in [9.17, 15) is 4.79 Å². The molecule has 0 aromatic rings. The van der Waals surface area contributed by atoms with Gasteiger partial charge in [0.1, 0.15) is 5.78 Å². The van der Waals surface area contributed by atoms with E-state index in [1.165, 1.54) is 0 Å². The fraction of sp³-hybridized carbons (Fsp3) is 0.750. The van der Waals surface area contributed by atoms with Gasteiger partial charge in [-0.15, -0.1) is 0 Å². The molecule has 1 aliphatic carbocycles. The van der Waals surface area contributed by atoms with Gasteiger partial charge in [0, 0.05) is 23.9 Å². The molecule has 0 unspecified atom stereocenters. The van der Waals surface area contributed by atoms with Crippen LogP contribution in [-0.4, -0.2) is 17.9 Å². The number of allylic oxidation sites excluding steroid dienone is 1. The minimum absolute atomic E-state index is 0.145. The zero-order valence-electron chi connectivity index (χ0n) is 9.58. The first kappa shape index (κ1) is 11.4. The molecule has 0 saturated carbocycles. The number of nitrogens with one attached hydrogen (secondary N) is 1. The lowest BCUT2D eigenvalue weighted by Gasteiger charge is -2.16. The van der Waals surface area contributed by atoms with Crippen LogP contribution in [0.4, 0.5) is 0 Å². The van der Waals surface area contributed by atoms with Crippen LogP contribution in [0, 0.1) is 11.8 Å². The first-order valence-corrected chi connectivity index (χ1v) is 5.48. The molecule has 0 aromatic heterocycles. The smallest absolute Gasteiger partial charge is 0.142 e. The van der Waals surface area contributed by atoms with Crippen molar-refractivity contribution in [3.63, 3.8) is 0 Å². The third kappa shape index (κ3) is 2.95. The van der Waals surface area contributed by atoms with Gasteiger partial charge in [-0.25, -0.2) is 0 Å². The molecule has 0 bridgehead atoms. The van der Waals surface area contributed by atoms with Crippen LogP contribution in [0.25, 0.3) is 0 Å². The van der Waals surface area contributed by atoms with Crippen LogP contribution >= 0.6 is 0 Å². The van der Waals surface area contributed by atoms with Crippen LogP contribution in [0.5, 0.6) is 0 Å². The van der Waals surface area contributed by atoms with Gasteiger partial charge < -0.3 is 5.32 Å². The summed E-state index contributed by atoms with van der Waals surface area (Å²) in [5, 5.41) is 3.43. The maximum Gasteiger partial charge on any atom is 0.142 e. The van der Waals surface area contributed by atoms with Crippen molar-refractivity contribution in [2.24, 2.45) is 11.8 Å². The molecule has 2 atom stereocenters. The van der Waals surface area contributed by atoms with Crippen molar-refractivity contribution in [1.82, 2.24) is 5.32 Å². The van der Waals surface area contributed by atoms with Crippen LogP contribution in [0.2, 0.25) is 0 Å². The minimum Gasteiger partial charge on any atom is -0.308 e. The van der Waals surface area contributed by atoms with Gasteiger partial charge in [0.2, 0.25) is 0 Å². The summed E-state index contributed by atoms with van der Waals surface area (Å²) in [6, 6.07) is 0.875. The van der Waals surface area contributed by atoms with E-state index >= 15 is 0 Å². The number of carbonyl (C=O) groups is 1. The van der Waals surface area contributed by atoms with Gasteiger partial charge in [0.15, 0.2) is 0 Å². The Morgan fingerprint density at radius 3 is 2.43 bits per heavy atom. The van der Waals surface area contributed by atoms with E-state index in [0.29, 0.717) is 17.9 Å². The Morgan fingerprint density at radius 2 is 1.93 bits per heavy atom. The first-order chi connectivity index (χ1) is 6.50. The van der Waals surface area contributed by atoms with Crippen LogP contribution in [0.1, 0.15) is 34.1 Å². The molecule has 0 amide bonds. The maximum absolute atomic E-state index is 11.7. The van der Waals surface area contributed by atoms with Crippen LogP contribution in [0.15, 0.2) is 12.2 Å². The van der Waals surface area contributed by atoms with Gasteiger partial charge in [-0.2, -0.15) is 0 Å². The molecule has 0 aromatic carbocycles. The number of rotatable bonds is 4. The number of hydrogen-bond donors (Lipinski definition) is 1. The summed E-state index contributed by atoms with van der Waals surface area (Å²) < 4.78 is 0. The number of hydrogen-bond acceptors (Lipinski definition) is 2.